The Kier molecular flexibility index (Phi) is 4.64. The minimum atomic E-state index is -0.468. The van der Waals surface area contributed by atoms with Gasteiger partial charge in [0.1, 0.15) is 0 Å². The molecule has 0 fully saturated rings. The van der Waals surface area contributed by atoms with Gasteiger partial charge in [0.25, 0.3) is 0 Å². The van der Waals surface area contributed by atoms with Crippen LogP contribution in [0.1, 0.15) is 22.3 Å². The molecule has 2 aromatic heterocycles. The zero-order valence-corrected chi connectivity index (χ0v) is 11.8. The third-order valence-electron chi connectivity index (χ3n) is 2.16. The van der Waals surface area contributed by atoms with E-state index in [1.807, 2.05) is 17.5 Å². The number of hydrogen-bond donors (Lipinski definition) is 1. The largest absolute Gasteiger partial charge is 0.461 e. The van der Waals surface area contributed by atoms with Crippen LogP contribution in [-0.4, -0.2) is 23.5 Å². The molecule has 0 saturated heterocycles. The number of thiophene rings is 1. The van der Waals surface area contributed by atoms with Crippen molar-refractivity contribution >= 4 is 39.7 Å². The van der Waals surface area contributed by atoms with Crippen LogP contribution in [0.4, 0.5) is 5.13 Å². The van der Waals surface area contributed by atoms with E-state index in [0.29, 0.717) is 18.2 Å². The number of esters is 1. The molecule has 7 heteroatoms. The fourth-order valence-electron chi connectivity index (χ4n) is 1.35. The molecule has 1 N–H and O–H groups in total. The molecule has 0 aliphatic rings. The highest BCUT2D eigenvalue weighted by Gasteiger charge is 2.12. The van der Waals surface area contributed by atoms with Crippen molar-refractivity contribution in [2.75, 3.05) is 11.9 Å². The average Bonchev–Trinajstić information content (AvgIpc) is 2.99. The van der Waals surface area contributed by atoms with Gasteiger partial charge in [0.05, 0.1) is 6.61 Å². The average molecular weight is 296 g/mol. The van der Waals surface area contributed by atoms with E-state index in [1.54, 1.807) is 16.7 Å². The highest BCUT2D eigenvalue weighted by molar-refractivity contribution is 7.14. The molecule has 0 bridgehead atoms. The highest BCUT2D eigenvalue weighted by atomic mass is 32.1. The van der Waals surface area contributed by atoms with Crippen molar-refractivity contribution < 1.29 is 14.3 Å². The van der Waals surface area contributed by atoms with Crippen LogP contribution in [0.2, 0.25) is 0 Å². The van der Waals surface area contributed by atoms with E-state index in [0.717, 1.165) is 0 Å². The number of aromatic nitrogens is 1. The van der Waals surface area contributed by atoms with Gasteiger partial charge in [-0.15, -0.1) is 22.7 Å². The molecule has 100 valence electrons. The van der Waals surface area contributed by atoms with Crippen molar-refractivity contribution in [3.05, 3.63) is 33.5 Å². The molecule has 19 heavy (non-hydrogen) atoms. The monoisotopic (exact) mass is 296 g/mol. The topological polar surface area (TPSA) is 68.3 Å². The molecule has 0 saturated carbocycles. The number of rotatable bonds is 5. The van der Waals surface area contributed by atoms with Crippen LogP contribution in [0.3, 0.4) is 0 Å². The van der Waals surface area contributed by atoms with E-state index < -0.39 is 5.97 Å². The summed E-state index contributed by atoms with van der Waals surface area (Å²) in [5.41, 5.74) is 0.222. The van der Waals surface area contributed by atoms with Gasteiger partial charge in [0.15, 0.2) is 10.8 Å². The minimum Gasteiger partial charge on any atom is -0.461 e. The lowest BCUT2D eigenvalue weighted by Crippen LogP contribution is -2.09. The van der Waals surface area contributed by atoms with Gasteiger partial charge in [0, 0.05) is 23.6 Å². The third kappa shape index (κ3) is 4.15. The Hall–Kier alpha value is -1.73. The third-order valence-corrected chi connectivity index (χ3v) is 3.85. The number of nitrogens with one attached hydrogen (secondary N) is 1. The SMILES string of the molecule is CC(=O)Nc1nc(C(=O)OCCc2cccs2)cs1. The van der Waals surface area contributed by atoms with E-state index >= 15 is 0 Å². The summed E-state index contributed by atoms with van der Waals surface area (Å²) in [5.74, 6) is -0.684. The molecule has 5 nitrogen and oxygen atoms in total. The van der Waals surface area contributed by atoms with E-state index in [-0.39, 0.29) is 11.6 Å². The minimum absolute atomic E-state index is 0.216. The van der Waals surface area contributed by atoms with E-state index in [4.69, 9.17) is 4.74 Å². The number of carbonyl (C=O) groups is 2. The Labute approximate surface area is 118 Å². The van der Waals surface area contributed by atoms with Gasteiger partial charge >= 0.3 is 5.97 Å². The molecule has 0 aromatic carbocycles. The Bertz CT molecular complexity index is 563. The maximum atomic E-state index is 11.7. The number of amides is 1. The maximum absolute atomic E-state index is 11.7. The van der Waals surface area contributed by atoms with E-state index in [9.17, 15) is 9.59 Å². The highest BCUT2D eigenvalue weighted by Crippen LogP contribution is 2.16. The molecule has 2 rings (SSSR count). The second-order valence-corrected chi connectivity index (χ2v) is 5.57. The Morgan fingerprint density at radius 2 is 2.26 bits per heavy atom. The van der Waals surface area contributed by atoms with Crippen LogP contribution < -0.4 is 5.32 Å². The normalized spacial score (nSPS) is 10.2. The maximum Gasteiger partial charge on any atom is 0.357 e. The summed E-state index contributed by atoms with van der Waals surface area (Å²) < 4.78 is 5.12. The van der Waals surface area contributed by atoms with Crippen LogP contribution in [-0.2, 0) is 16.0 Å². The predicted molar refractivity (Wildman–Crippen MR) is 74.7 cm³/mol. The van der Waals surface area contributed by atoms with Crippen LogP contribution >= 0.6 is 22.7 Å². The zero-order valence-electron chi connectivity index (χ0n) is 10.2. The number of hydrogen-bond acceptors (Lipinski definition) is 6. The summed E-state index contributed by atoms with van der Waals surface area (Å²) in [4.78, 5) is 27.7. The summed E-state index contributed by atoms with van der Waals surface area (Å²) in [5, 5.41) is 6.47. The number of carbonyl (C=O) groups excluding carboxylic acids is 2. The quantitative estimate of drug-likeness (QED) is 0.861. The Morgan fingerprint density at radius 3 is 2.95 bits per heavy atom. The Balaban J connectivity index is 1.82. The van der Waals surface area contributed by atoms with Gasteiger partial charge in [-0.05, 0) is 11.4 Å². The lowest BCUT2D eigenvalue weighted by atomic mass is 10.4. The Morgan fingerprint density at radius 1 is 1.42 bits per heavy atom. The molecule has 0 aliphatic carbocycles. The molecular weight excluding hydrogens is 284 g/mol. The lowest BCUT2D eigenvalue weighted by Gasteiger charge is -2.01. The lowest BCUT2D eigenvalue weighted by molar-refractivity contribution is -0.114. The van der Waals surface area contributed by atoms with Crippen molar-refractivity contribution in [1.82, 2.24) is 4.98 Å². The first-order valence-electron chi connectivity index (χ1n) is 5.58. The van der Waals surface area contributed by atoms with E-state index in [2.05, 4.69) is 10.3 Å². The number of ether oxygens (including phenoxy) is 1. The van der Waals surface area contributed by atoms with E-state index in [1.165, 1.54) is 23.1 Å². The molecule has 2 aromatic rings. The van der Waals surface area contributed by atoms with Crippen molar-refractivity contribution in [3.63, 3.8) is 0 Å². The van der Waals surface area contributed by atoms with Gasteiger partial charge in [-0.1, -0.05) is 6.07 Å². The van der Waals surface area contributed by atoms with Crippen LogP contribution in [0.15, 0.2) is 22.9 Å². The molecule has 0 radical (unpaired) electrons. The van der Waals surface area contributed by atoms with Gasteiger partial charge < -0.3 is 10.1 Å². The number of thiazole rings is 1. The van der Waals surface area contributed by atoms with Gasteiger partial charge in [-0.2, -0.15) is 0 Å². The zero-order chi connectivity index (χ0) is 13.7. The summed E-state index contributed by atoms with van der Waals surface area (Å²) in [7, 11) is 0. The summed E-state index contributed by atoms with van der Waals surface area (Å²) >= 11 is 2.82. The van der Waals surface area contributed by atoms with Crippen molar-refractivity contribution in [3.8, 4) is 0 Å². The van der Waals surface area contributed by atoms with Crippen LogP contribution in [0.5, 0.6) is 0 Å². The van der Waals surface area contributed by atoms with Crippen LogP contribution in [0.25, 0.3) is 0 Å². The first-order valence-corrected chi connectivity index (χ1v) is 7.33. The molecule has 0 unspecified atom stereocenters. The number of nitrogens with zero attached hydrogens (tertiary/aromatic N) is 1. The molecule has 0 atom stereocenters. The predicted octanol–water partition coefficient (Wildman–Crippen LogP) is 2.56. The van der Waals surface area contributed by atoms with Gasteiger partial charge in [-0.3, -0.25) is 4.79 Å². The standard InChI is InChI=1S/C12H12N2O3S2/c1-8(15)13-12-14-10(7-19-12)11(16)17-5-4-9-3-2-6-18-9/h2-3,6-7H,4-5H2,1H3,(H,13,14,15). The van der Waals surface area contributed by atoms with Gasteiger partial charge in [0.2, 0.25) is 5.91 Å². The summed E-state index contributed by atoms with van der Waals surface area (Å²) in [6.45, 7) is 1.72. The first kappa shape index (κ1) is 13.7. The van der Waals surface area contributed by atoms with Crippen LogP contribution in [0, 0.1) is 0 Å². The molecular formula is C12H12N2O3S2. The second-order valence-electron chi connectivity index (χ2n) is 3.68. The first-order chi connectivity index (χ1) is 9.15. The fraction of sp³-hybridized carbons (Fsp3) is 0.250. The second kappa shape index (κ2) is 6.44. The van der Waals surface area contributed by atoms with Crippen molar-refractivity contribution in [1.29, 1.82) is 0 Å². The molecule has 0 aliphatic heterocycles. The van der Waals surface area contributed by atoms with Crippen molar-refractivity contribution in [2.24, 2.45) is 0 Å². The fourth-order valence-corrected chi connectivity index (χ4v) is 2.76. The molecule has 1 amide bonds. The molecule has 2 heterocycles. The van der Waals surface area contributed by atoms with Gasteiger partial charge in [-0.25, -0.2) is 9.78 Å². The summed E-state index contributed by atoms with van der Waals surface area (Å²) in [6.07, 6.45) is 0.700. The summed E-state index contributed by atoms with van der Waals surface area (Å²) in [6, 6.07) is 3.96. The number of anilines is 1. The molecule has 0 spiro atoms. The van der Waals surface area contributed by atoms with Crippen molar-refractivity contribution in [2.45, 2.75) is 13.3 Å². The smallest absolute Gasteiger partial charge is 0.357 e.